The van der Waals surface area contributed by atoms with Crippen LogP contribution >= 0.6 is 23.2 Å². The number of sulfonamides is 1. The van der Waals surface area contributed by atoms with Crippen molar-refractivity contribution in [2.45, 2.75) is 31.3 Å². The van der Waals surface area contributed by atoms with E-state index in [9.17, 15) is 22.4 Å². The van der Waals surface area contributed by atoms with Gasteiger partial charge in [-0.1, -0.05) is 29.3 Å². The van der Waals surface area contributed by atoms with Crippen LogP contribution in [0.5, 0.6) is 5.75 Å². The van der Waals surface area contributed by atoms with E-state index in [1.807, 2.05) is 0 Å². The van der Waals surface area contributed by atoms with Gasteiger partial charge in [-0.3, -0.25) is 13.9 Å². The molecule has 0 radical (unpaired) electrons. The van der Waals surface area contributed by atoms with Crippen LogP contribution in [0.1, 0.15) is 19.4 Å². The first kappa shape index (κ1) is 30.2. The summed E-state index contributed by atoms with van der Waals surface area (Å²) in [7, 11) is -2.84. The Kier molecular flexibility index (Phi) is 10.2. The van der Waals surface area contributed by atoms with Crippen molar-refractivity contribution in [3.05, 3.63) is 88.2 Å². The zero-order valence-electron chi connectivity index (χ0n) is 21.5. The van der Waals surface area contributed by atoms with Crippen LogP contribution in [0.2, 0.25) is 10.0 Å². The van der Waals surface area contributed by atoms with E-state index < -0.39 is 40.2 Å². The van der Waals surface area contributed by atoms with Crippen molar-refractivity contribution in [1.82, 2.24) is 10.2 Å². The second kappa shape index (κ2) is 13.1. The maximum absolute atomic E-state index is 13.8. The summed E-state index contributed by atoms with van der Waals surface area (Å²) in [6, 6.07) is 14.2. The van der Waals surface area contributed by atoms with E-state index in [0.717, 1.165) is 16.4 Å². The summed E-state index contributed by atoms with van der Waals surface area (Å²) in [5, 5.41) is 3.27. The minimum absolute atomic E-state index is 0.0478. The second-order valence-corrected chi connectivity index (χ2v) is 11.2. The Bertz CT molecular complexity index is 1420. The van der Waals surface area contributed by atoms with Gasteiger partial charge >= 0.3 is 0 Å². The summed E-state index contributed by atoms with van der Waals surface area (Å²) >= 11 is 12.2. The highest BCUT2D eigenvalue weighted by molar-refractivity contribution is 7.92. The Hall–Kier alpha value is -3.34. The Morgan fingerprint density at radius 2 is 1.64 bits per heavy atom. The molecule has 3 rings (SSSR count). The van der Waals surface area contributed by atoms with E-state index in [2.05, 4.69) is 5.32 Å². The zero-order valence-corrected chi connectivity index (χ0v) is 23.9. The molecule has 0 saturated heterocycles. The quantitative estimate of drug-likeness (QED) is 0.340. The maximum atomic E-state index is 13.8. The molecule has 1 unspecified atom stereocenters. The number of carbonyl (C=O) groups excluding carboxylic acids is 2. The van der Waals surface area contributed by atoms with Crippen LogP contribution < -0.4 is 14.4 Å². The molecule has 39 heavy (non-hydrogen) atoms. The summed E-state index contributed by atoms with van der Waals surface area (Å²) in [5.74, 6) is -1.21. The molecule has 3 aromatic rings. The van der Waals surface area contributed by atoms with Crippen LogP contribution in [0.4, 0.5) is 10.1 Å². The summed E-state index contributed by atoms with van der Waals surface area (Å²) in [5.41, 5.74) is 0.654. The molecule has 1 N–H and O–H groups in total. The molecule has 0 aliphatic rings. The molecule has 208 valence electrons. The Morgan fingerprint density at radius 1 is 1.00 bits per heavy atom. The third-order valence-electron chi connectivity index (χ3n) is 5.90. The van der Waals surface area contributed by atoms with E-state index >= 15 is 0 Å². The minimum Gasteiger partial charge on any atom is -0.497 e. The third kappa shape index (κ3) is 7.40. The van der Waals surface area contributed by atoms with Gasteiger partial charge < -0.3 is 15.0 Å². The lowest BCUT2D eigenvalue weighted by atomic mass is 10.1. The van der Waals surface area contributed by atoms with Crippen molar-refractivity contribution < 1.29 is 27.1 Å². The third-order valence-corrected chi connectivity index (χ3v) is 8.42. The average Bonchev–Trinajstić information content (AvgIpc) is 2.92. The molecule has 0 fully saturated rings. The van der Waals surface area contributed by atoms with Gasteiger partial charge in [0.1, 0.15) is 24.2 Å². The highest BCUT2D eigenvalue weighted by atomic mass is 35.5. The number of anilines is 1. The largest absolute Gasteiger partial charge is 0.497 e. The first-order valence-corrected chi connectivity index (χ1v) is 14.1. The van der Waals surface area contributed by atoms with E-state index in [0.29, 0.717) is 22.9 Å². The van der Waals surface area contributed by atoms with Gasteiger partial charge in [0.25, 0.3) is 10.0 Å². The predicted octanol–water partition coefficient (Wildman–Crippen LogP) is 4.89. The van der Waals surface area contributed by atoms with Crippen molar-refractivity contribution in [3.8, 4) is 5.75 Å². The fraction of sp³-hybridized carbons (Fsp3) is 0.259. The van der Waals surface area contributed by atoms with Crippen molar-refractivity contribution in [3.63, 3.8) is 0 Å². The molecule has 2 amide bonds. The number of hydrogen-bond donors (Lipinski definition) is 1. The molecule has 1 atom stereocenters. The molecule has 0 saturated carbocycles. The van der Waals surface area contributed by atoms with Crippen LogP contribution in [-0.2, 0) is 26.2 Å². The SMILES string of the molecule is CCNC(=O)C(C)N(Cc1ccc(Cl)c(Cl)c1)C(=O)CN(c1ccc(F)cc1)S(=O)(=O)c1ccc(OC)cc1. The molecule has 3 aromatic carbocycles. The number of carbonyl (C=O) groups is 2. The van der Waals surface area contributed by atoms with Crippen LogP contribution in [0, 0.1) is 5.82 Å². The van der Waals surface area contributed by atoms with E-state index in [1.54, 1.807) is 32.0 Å². The molecular formula is C27H28Cl2FN3O5S. The Morgan fingerprint density at radius 3 is 2.21 bits per heavy atom. The van der Waals surface area contributed by atoms with Gasteiger partial charge in [-0.05, 0) is 80.1 Å². The van der Waals surface area contributed by atoms with Gasteiger partial charge in [0, 0.05) is 13.1 Å². The molecule has 0 aliphatic heterocycles. The molecule has 8 nitrogen and oxygen atoms in total. The number of hydrogen-bond acceptors (Lipinski definition) is 5. The number of rotatable bonds is 11. The normalized spacial score (nSPS) is 11.9. The van der Waals surface area contributed by atoms with Crippen LogP contribution in [-0.4, -0.2) is 51.4 Å². The van der Waals surface area contributed by atoms with Crippen molar-refractivity contribution >= 4 is 50.7 Å². The summed E-state index contributed by atoms with van der Waals surface area (Å²) in [6.07, 6.45) is 0. The number of benzene rings is 3. The minimum atomic E-state index is -4.29. The van der Waals surface area contributed by atoms with Crippen LogP contribution in [0.15, 0.2) is 71.6 Å². The molecule has 0 aromatic heterocycles. The van der Waals surface area contributed by atoms with Gasteiger partial charge in [0.05, 0.1) is 27.7 Å². The number of nitrogens with zero attached hydrogens (tertiary/aromatic N) is 2. The number of likely N-dealkylation sites (N-methyl/N-ethyl adjacent to an activating group) is 1. The fourth-order valence-electron chi connectivity index (χ4n) is 3.75. The highest BCUT2D eigenvalue weighted by Gasteiger charge is 2.32. The molecule has 0 bridgehead atoms. The lowest BCUT2D eigenvalue weighted by molar-refractivity contribution is -0.139. The van der Waals surface area contributed by atoms with Gasteiger partial charge in [-0.25, -0.2) is 12.8 Å². The van der Waals surface area contributed by atoms with Gasteiger partial charge in [0.15, 0.2) is 0 Å². The molecular weight excluding hydrogens is 568 g/mol. The van der Waals surface area contributed by atoms with Gasteiger partial charge in [-0.2, -0.15) is 0 Å². The first-order chi connectivity index (χ1) is 18.5. The molecule has 0 heterocycles. The highest BCUT2D eigenvalue weighted by Crippen LogP contribution is 2.27. The van der Waals surface area contributed by atoms with Gasteiger partial charge in [-0.15, -0.1) is 0 Å². The number of methoxy groups -OCH3 is 1. The molecule has 0 spiro atoms. The smallest absolute Gasteiger partial charge is 0.264 e. The second-order valence-electron chi connectivity index (χ2n) is 8.50. The van der Waals surface area contributed by atoms with Crippen LogP contribution in [0.3, 0.4) is 0 Å². The zero-order chi connectivity index (χ0) is 28.7. The Balaban J connectivity index is 2.03. The lowest BCUT2D eigenvalue weighted by Gasteiger charge is -2.32. The summed E-state index contributed by atoms with van der Waals surface area (Å²) in [4.78, 5) is 27.7. The topological polar surface area (TPSA) is 96.0 Å². The predicted molar refractivity (Wildman–Crippen MR) is 149 cm³/mol. The van der Waals surface area contributed by atoms with E-state index in [4.69, 9.17) is 27.9 Å². The van der Waals surface area contributed by atoms with E-state index in [-0.39, 0.29) is 22.2 Å². The van der Waals surface area contributed by atoms with Crippen molar-refractivity contribution in [1.29, 1.82) is 0 Å². The Labute approximate surface area is 237 Å². The summed E-state index contributed by atoms with van der Waals surface area (Å²) < 4.78 is 47.1. The van der Waals surface area contributed by atoms with Crippen molar-refractivity contribution in [2.75, 3.05) is 24.5 Å². The summed E-state index contributed by atoms with van der Waals surface area (Å²) in [6.45, 7) is 2.92. The first-order valence-electron chi connectivity index (χ1n) is 11.9. The molecule has 12 heteroatoms. The van der Waals surface area contributed by atoms with E-state index in [1.165, 1.54) is 48.4 Å². The maximum Gasteiger partial charge on any atom is 0.264 e. The lowest BCUT2D eigenvalue weighted by Crippen LogP contribution is -2.51. The number of amides is 2. The molecule has 0 aliphatic carbocycles. The average molecular weight is 597 g/mol. The van der Waals surface area contributed by atoms with Crippen LogP contribution in [0.25, 0.3) is 0 Å². The monoisotopic (exact) mass is 595 g/mol. The van der Waals surface area contributed by atoms with Crippen molar-refractivity contribution in [2.24, 2.45) is 0 Å². The number of ether oxygens (including phenoxy) is 1. The fourth-order valence-corrected chi connectivity index (χ4v) is 5.49. The van der Waals surface area contributed by atoms with Gasteiger partial charge in [0.2, 0.25) is 11.8 Å². The standard InChI is InChI=1S/C27H28Cl2FN3O5S/c1-4-31-27(35)18(2)32(16-19-5-14-24(28)25(29)15-19)26(34)17-33(21-8-6-20(30)7-9-21)39(36,37)23-12-10-22(38-3)11-13-23/h5-15,18H,4,16-17H2,1-3H3,(H,31,35). The number of halogens is 3. The number of nitrogens with one attached hydrogen (secondary N) is 1.